The van der Waals surface area contributed by atoms with Gasteiger partial charge in [-0.3, -0.25) is 37.9 Å². The summed E-state index contributed by atoms with van der Waals surface area (Å²) in [7, 11) is 19.5. The normalized spacial score (nSPS) is 13.7. The Kier molecular flexibility index (Phi) is 25.5. The van der Waals surface area contributed by atoms with Crippen molar-refractivity contribution in [2.24, 2.45) is 40.0 Å². The first-order valence-electron chi connectivity index (χ1n) is 38.8. The maximum absolute atomic E-state index is 14.3. The minimum absolute atomic E-state index is 0.0681. The van der Waals surface area contributed by atoms with Gasteiger partial charge in [-0.15, -0.1) is 35.7 Å². The molecule has 18 rings (SSSR count). The number of halogens is 2. The lowest BCUT2D eigenvalue weighted by atomic mass is 9.43. The van der Waals surface area contributed by atoms with E-state index < -0.39 is 17.5 Å². The summed E-state index contributed by atoms with van der Waals surface area (Å²) in [5.41, 5.74) is 10.2. The number of hydrogen-bond donors (Lipinski definition) is 8. The molecule has 8 heterocycles. The van der Waals surface area contributed by atoms with Gasteiger partial charge in [0.15, 0.2) is 69.1 Å². The van der Waals surface area contributed by atoms with Crippen LogP contribution in [0.4, 0.5) is 54.3 Å². The number of benzene rings is 6. The Labute approximate surface area is 708 Å². The van der Waals surface area contributed by atoms with Gasteiger partial charge in [0.25, 0.3) is 23.6 Å². The molecule has 0 saturated heterocycles. The van der Waals surface area contributed by atoms with E-state index >= 15 is 0 Å². The minimum atomic E-state index is -0.802. The van der Waals surface area contributed by atoms with Crippen LogP contribution >= 0.6 is 0 Å². The molecular formula is C86H84F2N28O8. The molecule has 630 valence electrons. The molecule has 14 aromatic rings. The summed E-state index contributed by atoms with van der Waals surface area (Å²) in [6.45, 7) is 0. The van der Waals surface area contributed by atoms with Gasteiger partial charge in [-0.25, -0.2) is 28.7 Å². The SMILES string of the molecule is CNC(=O)c1nnc(-c2c(F)cccc2F)cc1Nc1cccc(-c2ncn(C)n2)c1OC.CNC(=O)c1nnc(-c2ccccc2)cc1Nc1cccc(-c2ncn(C)n2)c1OC.CNC(=O)c1nnc(C#CC2CC2)cc1Nc1cccc(-c2ncn(C)n2)c1OC.CNC(=O)c1nnc(C23CC(C2)C3)cc1Nc1cccc(-c2ncn(C)n2)c1OC. The van der Waals surface area contributed by atoms with Crippen LogP contribution in [0.5, 0.6) is 23.0 Å². The number of rotatable bonds is 23. The van der Waals surface area contributed by atoms with Crippen molar-refractivity contribution >= 4 is 69.1 Å². The van der Waals surface area contributed by atoms with Gasteiger partial charge >= 0.3 is 0 Å². The van der Waals surface area contributed by atoms with E-state index in [1.807, 2.05) is 98.0 Å². The van der Waals surface area contributed by atoms with Crippen molar-refractivity contribution in [1.82, 2.24) is 121 Å². The molecule has 6 aromatic carbocycles. The molecule has 4 saturated carbocycles. The van der Waals surface area contributed by atoms with Crippen molar-refractivity contribution in [3.05, 3.63) is 217 Å². The number of aryl methyl sites for hydroxylation is 4. The first kappa shape index (κ1) is 84.4. The van der Waals surface area contributed by atoms with E-state index in [0.717, 1.165) is 78.1 Å². The molecule has 38 heteroatoms. The van der Waals surface area contributed by atoms with Gasteiger partial charge in [0.1, 0.15) is 48.3 Å². The van der Waals surface area contributed by atoms with Gasteiger partial charge in [0.2, 0.25) is 0 Å². The average Bonchev–Trinajstić information content (AvgIpc) is 0.815. The number of ether oxygens (including phenoxy) is 4. The standard InChI is InChI=1S/C22H19F2N7O2.C22H21N7O2.C21H23N7O2.C21H21N7O2/c1-25-22(32)19-17(10-16(28-29-19)18-13(23)7-5-8-14(18)24)27-15-9-4-6-12(20(15)33-3)21-26-11-31(2)30-21;1-23-22(30)19-18(12-17(26-27-19)14-8-5-4-6-9-14)25-16-11-7-10-15(20(16)31-3)21-24-13-29(2)28-21;1-22-20(29)17-15(7-16(25-26-17)21-8-12(9-21)10-21)24-14-6-4-5-13(18(14)30-3)19-23-11-28(2)27-19;1-22-21(29)18-17(11-14(25-26-18)10-9-13-7-8-13)24-16-6-4-5-15(19(16)30-3)20-23-12-28(2)27-20/h4-11H,1-3H3,(H,25,32)(H,27,28);4-13H,1-3H3,(H,23,30)(H,25,26);4-7,11-12H,8-10H2,1-3H3,(H,22,29)(H,24,25);4-6,11-13H,7-8H2,1-3H3,(H,22,29)(H,24,25). The Morgan fingerprint density at radius 1 is 0.395 bits per heavy atom. The molecule has 4 fully saturated rings. The van der Waals surface area contributed by atoms with Crippen molar-refractivity contribution in [2.45, 2.75) is 37.5 Å². The number of para-hydroxylation sites is 4. The summed E-state index contributed by atoms with van der Waals surface area (Å²) in [4.78, 5) is 66.7. The molecular weight excluding hydrogens is 1590 g/mol. The van der Waals surface area contributed by atoms with Gasteiger partial charge in [-0.1, -0.05) is 66.6 Å². The second-order valence-electron chi connectivity index (χ2n) is 28.6. The first-order chi connectivity index (χ1) is 60.1. The third kappa shape index (κ3) is 18.5. The van der Waals surface area contributed by atoms with E-state index in [-0.39, 0.29) is 62.9 Å². The zero-order chi connectivity index (χ0) is 87.3. The average molecular weight is 1680 g/mol. The molecule has 0 atom stereocenters. The zero-order valence-electron chi connectivity index (χ0n) is 69.3. The summed E-state index contributed by atoms with van der Waals surface area (Å²) in [6, 6.07) is 42.0. The van der Waals surface area contributed by atoms with Crippen LogP contribution < -0.4 is 61.5 Å². The highest BCUT2D eigenvalue weighted by atomic mass is 19.1. The molecule has 0 unspecified atom stereocenters. The zero-order valence-corrected chi connectivity index (χ0v) is 69.3. The Morgan fingerprint density at radius 3 is 1.07 bits per heavy atom. The minimum Gasteiger partial charge on any atom is -0.494 e. The van der Waals surface area contributed by atoms with E-state index in [9.17, 15) is 28.0 Å². The van der Waals surface area contributed by atoms with E-state index in [4.69, 9.17) is 18.9 Å². The maximum atomic E-state index is 14.3. The molecule has 0 radical (unpaired) electrons. The van der Waals surface area contributed by atoms with E-state index in [2.05, 4.69) is 135 Å². The summed E-state index contributed by atoms with van der Waals surface area (Å²) in [5.74, 6) is 8.48. The van der Waals surface area contributed by atoms with Crippen LogP contribution in [0.15, 0.2) is 171 Å². The van der Waals surface area contributed by atoms with Crippen LogP contribution in [0.3, 0.4) is 0 Å². The van der Waals surface area contributed by atoms with Gasteiger partial charge in [-0.2, -0.15) is 25.5 Å². The Bertz CT molecular complexity index is 6340. The molecule has 124 heavy (non-hydrogen) atoms. The Hall–Kier alpha value is -16.1. The van der Waals surface area contributed by atoms with Crippen LogP contribution in [-0.4, -0.2) is 180 Å². The third-order valence-electron chi connectivity index (χ3n) is 20.1. The molecule has 4 amide bonds. The summed E-state index contributed by atoms with van der Waals surface area (Å²) < 4.78 is 57.7. The number of carbonyl (C=O) groups is 4. The number of amides is 4. The first-order valence-corrected chi connectivity index (χ1v) is 38.8. The Balaban J connectivity index is 0.000000135. The quantitative estimate of drug-likeness (QED) is 0.0276. The number of aromatic nitrogens is 20. The van der Waals surface area contributed by atoms with Crippen LogP contribution in [-0.2, 0) is 33.6 Å². The lowest BCUT2D eigenvalue weighted by Crippen LogP contribution is -2.55. The van der Waals surface area contributed by atoms with Crippen LogP contribution in [0, 0.1) is 35.3 Å². The fraction of sp³-hybridized carbons (Fsp3) is 0.233. The number of nitrogens with one attached hydrogen (secondary N) is 8. The number of anilines is 8. The summed E-state index contributed by atoms with van der Waals surface area (Å²) in [6.07, 6.45) is 12.1. The monoisotopic (exact) mass is 1670 g/mol. The summed E-state index contributed by atoms with van der Waals surface area (Å²) in [5, 5.41) is 73.6. The molecule has 2 bridgehead atoms. The number of hydrogen-bond acceptors (Lipinski definition) is 28. The maximum Gasteiger partial charge on any atom is 0.273 e. The van der Waals surface area contributed by atoms with Gasteiger partial charge in [0.05, 0.1) is 113 Å². The predicted molar refractivity (Wildman–Crippen MR) is 456 cm³/mol. The fourth-order valence-corrected chi connectivity index (χ4v) is 13.8. The van der Waals surface area contributed by atoms with Crippen LogP contribution in [0.2, 0.25) is 0 Å². The highest BCUT2D eigenvalue weighted by Gasteiger charge is 2.58. The largest absolute Gasteiger partial charge is 0.494 e. The second-order valence-corrected chi connectivity index (χ2v) is 28.6. The van der Waals surface area contributed by atoms with E-state index in [1.165, 1.54) is 26.3 Å². The van der Waals surface area contributed by atoms with E-state index in [1.54, 1.807) is 138 Å². The lowest BCUT2D eigenvalue weighted by molar-refractivity contribution is -0.0315. The van der Waals surface area contributed by atoms with Crippen molar-refractivity contribution in [3.8, 4) is 103 Å². The predicted octanol–water partition coefficient (Wildman–Crippen LogP) is 11.0. The van der Waals surface area contributed by atoms with E-state index in [0.29, 0.717) is 109 Å². The molecule has 36 nitrogen and oxygen atoms in total. The molecule has 0 aliphatic heterocycles. The van der Waals surface area contributed by atoms with Crippen molar-refractivity contribution in [1.29, 1.82) is 0 Å². The second kappa shape index (κ2) is 37.5. The number of nitrogens with zero attached hydrogens (tertiary/aromatic N) is 20. The van der Waals surface area contributed by atoms with Gasteiger partial charge in [-0.05, 0) is 123 Å². The highest BCUT2D eigenvalue weighted by molar-refractivity contribution is 6.02. The fourth-order valence-electron chi connectivity index (χ4n) is 13.8. The number of carbonyl (C=O) groups excluding carboxylic acids is 4. The smallest absolute Gasteiger partial charge is 0.273 e. The van der Waals surface area contributed by atoms with Crippen molar-refractivity contribution in [3.63, 3.8) is 0 Å². The molecule has 8 N–H and O–H groups in total. The number of methoxy groups -OCH3 is 4. The summed E-state index contributed by atoms with van der Waals surface area (Å²) >= 11 is 0. The van der Waals surface area contributed by atoms with Crippen LogP contribution in [0.25, 0.3) is 68.1 Å². The molecule has 4 aliphatic carbocycles. The Morgan fingerprint density at radius 2 is 0.734 bits per heavy atom. The van der Waals surface area contributed by atoms with Crippen molar-refractivity contribution < 1.29 is 46.9 Å². The van der Waals surface area contributed by atoms with Crippen molar-refractivity contribution in [2.75, 3.05) is 77.9 Å². The topological polar surface area (TPSA) is 427 Å². The van der Waals surface area contributed by atoms with Gasteiger partial charge < -0.3 is 61.5 Å². The van der Waals surface area contributed by atoms with Gasteiger partial charge in [0, 0.05) is 79.3 Å². The van der Waals surface area contributed by atoms with Crippen LogP contribution in [0.1, 0.15) is 85.4 Å². The molecule has 8 aromatic heterocycles. The molecule has 4 aliphatic rings. The highest BCUT2D eigenvalue weighted by Crippen LogP contribution is 2.65. The third-order valence-corrected chi connectivity index (χ3v) is 20.1. The lowest BCUT2D eigenvalue weighted by Gasteiger charge is -2.61. The molecule has 0 spiro atoms.